The highest BCUT2D eigenvalue weighted by Gasteiger charge is 2.49. The van der Waals surface area contributed by atoms with E-state index >= 15 is 0 Å². The Hall–Kier alpha value is -2.34. The summed E-state index contributed by atoms with van der Waals surface area (Å²) in [7, 11) is 0. The van der Waals surface area contributed by atoms with Crippen molar-refractivity contribution < 1.29 is 9.59 Å². The number of hydrogen-bond acceptors (Lipinski definition) is 3. The highest BCUT2D eigenvalue weighted by atomic mass is 35.5. The van der Waals surface area contributed by atoms with E-state index in [-0.39, 0.29) is 29.8 Å². The normalized spacial score (nSPS) is 22.4. The summed E-state index contributed by atoms with van der Waals surface area (Å²) < 4.78 is 1.70. The maximum atomic E-state index is 13.8. The molecule has 1 aromatic heterocycles. The number of carbonyl (C=O) groups is 2. The van der Waals surface area contributed by atoms with E-state index in [1.165, 1.54) is 12.8 Å². The summed E-state index contributed by atoms with van der Waals surface area (Å²) in [5.41, 5.74) is 0.618. The van der Waals surface area contributed by atoms with Crippen LogP contribution in [0.5, 0.6) is 0 Å². The van der Waals surface area contributed by atoms with Crippen LogP contribution >= 0.6 is 11.6 Å². The molecule has 0 bridgehead atoms. The van der Waals surface area contributed by atoms with E-state index < -0.39 is 5.54 Å². The number of halogens is 1. The number of nitrogens with one attached hydrogen (secondary N) is 1. The van der Waals surface area contributed by atoms with Gasteiger partial charge in [-0.1, -0.05) is 64.1 Å². The number of anilines is 1. The fourth-order valence-electron chi connectivity index (χ4n) is 4.73. The van der Waals surface area contributed by atoms with Crippen molar-refractivity contribution in [3.8, 4) is 0 Å². The third-order valence-corrected chi connectivity index (χ3v) is 6.90. The highest BCUT2D eigenvalue weighted by Crippen LogP contribution is 2.35. The molecule has 172 valence electrons. The zero-order valence-electron chi connectivity index (χ0n) is 19.4. The predicted octanol–water partition coefficient (Wildman–Crippen LogP) is 5.09. The average Bonchev–Trinajstić information content (AvgIpc) is 2.98. The summed E-state index contributed by atoms with van der Waals surface area (Å²) in [6.45, 7) is 8.32. The summed E-state index contributed by atoms with van der Waals surface area (Å²) in [6.07, 6.45) is 6.63. The van der Waals surface area contributed by atoms with Gasteiger partial charge in [-0.2, -0.15) is 5.10 Å². The minimum atomic E-state index is -1.12. The van der Waals surface area contributed by atoms with Crippen LogP contribution in [0.25, 0.3) is 0 Å². The lowest BCUT2D eigenvalue weighted by Crippen LogP contribution is -2.65. The average molecular weight is 457 g/mol. The maximum absolute atomic E-state index is 13.8. The van der Waals surface area contributed by atoms with Crippen molar-refractivity contribution in [3.63, 3.8) is 0 Å². The Morgan fingerprint density at radius 2 is 1.84 bits per heavy atom. The third kappa shape index (κ3) is 4.29. The molecule has 2 aromatic rings. The van der Waals surface area contributed by atoms with E-state index in [0.717, 1.165) is 31.4 Å². The van der Waals surface area contributed by atoms with E-state index in [1.54, 1.807) is 27.8 Å². The molecule has 7 heteroatoms. The first-order valence-electron chi connectivity index (χ1n) is 11.6. The molecule has 1 aliphatic carbocycles. The van der Waals surface area contributed by atoms with Crippen LogP contribution in [0.3, 0.4) is 0 Å². The number of hydrogen-bond donors (Lipinski definition) is 1. The number of nitrogens with zero attached hydrogens (tertiary/aromatic N) is 3. The van der Waals surface area contributed by atoms with Gasteiger partial charge in [-0.05, 0) is 44.0 Å². The van der Waals surface area contributed by atoms with Gasteiger partial charge in [-0.3, -0.25) is 19.2 Å². The number of aromatic nitrogens is 2. The van der Waals surface area contributed by atoms with E-state index in [9.17, 15) is 9.59 Å². The van der Waals surface area contributed by atoms with Gasteiger partial charge in [0.15, 0.2) is 0 Å². The van der Waals surface area contributed by atoms with Gasteiger partial charge in [0.05, 0.1) is 12.2 Å². The summed E-state index contributed by atoms with van der Waals surface area (Å²) in [5.74, 6) is -0.379. The van der Waals surface area contributed by atoms with Crippen molar-refractivity contribution in [1.82, 2.24) is 15.1 Å². The van der Waals surface area contributed by atoms with E-state index in [2.05, 4.69) is 26.1 Å². The SMILES string of the molecule is CC(C)(C)c1cc2n(n1)CC(C)(C(=O)NC1CCCCCC1)N(c1cccc(Cl)c1)C2=O. The lowest BCUT2D eigenvalue weighted by molar-refractivity contribution is -0.127. The fraction of sp³-hybridized carbons (Fsp3) is 0.560. The lowest BCUT2D eigenvalue weighted by atomic mass is 9.91. The number of benzene rings is 1. The number of carbonyl (C=O) groups excluding carboxylic acids is 2. The number of fused-ring (bicyclic) bond motifs is 1. The minimum absolute atomic E-state index is 0.141. The van der Waals surface area contributed by atoms with Crippen LogP contribution in [-0.4, -0.2) is 33.2 Å². The Kier molecular flexibility index (Phi) is 6.10. The zero-order chi connectivity index (χ0) is 23.1. The topological polar surface area (TPSA) is 67.2 Å². The van der Waals surface area contributed by atoms with Crippen molar-refractivity contribution in [2.75, 3.05) is 4.90 Å². The Balaban J connectivity index is 1.75. The molecule has 6 nitrogen and oxygen atoms in total. The van der Waals surface area contributed by atoms with Gasteiger partial charge in [-0.25, -0.2) is 0 Å². The van der Waals surface area contributed by atoms with Gasteiger partial charge in [0, 0.05) is 22.2 Å². The van der Waals surface area contributed by atoms with Crippen LogP contribution in [0, 0.1) is 0 Å². The smallest absolute Gasteiger partial charge is 0.277 e. The molecule has 32 heavy (non-hydrogen) atoms. The predicted molar refractivity (Wildman–Crippen MR) is 127 cm³/mol. The molecule has 0 saturated heterocycles. The van der Waals surface area contributed by atoms with Crippen LogP contribution in [0.4, 0.5) is 5.69 Å². The fourth-order valence-corrected chi connectivity index (χ4v) is 4.92. The van der Waals surface area contributed by atoms with Gasteiger partial charge in [0.25, 0.3) is 5.91 Å². The summed E-state index contributed by atoms with van der Waals surface area (Å²) >= 11 is 6.27. The number of amides is 2. The molecule has 0 spiro atoms. The van der Waals surface area contributed by atoms with Gasteiger partial charge in [-0.15, -0.1) is 0 Å². The Labute approximate surface area is 195 Å². The highest BCUT2D eigenvalue weighted by molar-refractivity contribution is 6.31. The lowest BCUT2D eigenvalue weighted by Gasteiger charge is -2.43. The molecule has 2 aliphatic rings. The number of rotatable bonds is 3. The molecule has 1 aliphatic heterocycles. The van der Waals surface area contributed by atoms with Gasteiger partial charge < -0.3 is 5.32 Å². The first-order valence-corrected chi connectivity index (χ1v) is 12.0. The maximum Gasteiger partial charge on any atom is 0.277 e. The summed E-state index contributed by atoms with van der Waals surface area (Å²) in [6, 6.07) is 9.14. The molecular formula is C25H33ClN4O2. The third-order valence-electron chi connectivity index (χ3n) is 6.67. The Morgan fingerprint density at radius 3 is 2.47 bits per heavy atom. The van der Waals surface area contributed by atoms with Crippen molar-refractivity contribution >= 4 is 29.1 Å². The Morgan fingerprint density at radius 1 is 1.16 bits per heavy atom. The quantitative estimate of drug-likeness (QED) is 0.654. The van der Waals surface area contributed by atoms with Crippen LogP contribution in [0.15, 0.2) is 30.3 Å². The molecule has 1 N–H and O–H groups in total. The van der Waals surface area contributed by atoms with Gasteiger partial charge in [0.1, 0.15) is 11.2 Å². The molecule has 2 heterocycles. The molecule has 1 atom stereocenters. The van der Waals surface area contributed by atoms with E-state index in [1.807, 2.05) is 19.1 Å². The van der Waals surface area contributed by atoms with Crippen molar-refractivity contribution in [1.29, 1.82) is 0 Å². The van der Waals surface area contributed by atoms with Crippen molar-refractivity contribution in [3.05, 3.63) is 46.7 Å². The summed E-state index contributed by atoms with van der Waals surface area (Å²) in [4.78, 5) is 29.1. The van der Waals surface area contributed by atoms with E-state index in [4.69, 9.17) is 16.7 Å². The minimum Gasteiger partial charge on any atom is -0.351 e. The molecule has 1 aromatic carbocycles. The second-order valence-electron chi connectivity index (χ2n) is 10.4. The van der Waals surface area contributed by atoms with Crippen LogP contribution in [-0.2, 0) is 16.8 Å². The van der Waals surface area contributed by atoms with Crippen molar-refractivity contribution in [2.45, 2.75) is 89.8 Å². The molecule has 1 saturated carbocycles. The van der Waals surface area contributed by atoms with Crippen LogP contribution < -0.4 is 10.2 Å². The standard InChI is InChI=1S/C25H33ClN4O2/c1-24(2,3)21-15-20-22(31)30(19-13-9-10-17(26)14-19)25(4,16-29(20)28-21)23(32)27-18-11-7-5-6-8-12-18/h9-10,13-15,18H,5-8,11-12,16H2,1-4H3,(H,27,32). The molecule has 1 fully saturated rings. The zero-order valence-corrected chi connectivity index (χ0v) is 20.2. The first-order chi connectivity index (χ1) is 15.1. The second-order valence-corrected chi connectivity index (χ2v) is 10.8. The van der Waals surface area contributed by atoms with Crippen LogP contribution in [0.1, 0.15) is 82.4 Å². The second kappa shape index (κ2) is 8.54. The largest absolute Gasteiger partial charge is 0.351 e. The van der Waals surface area contributed by atoms with Crippen molar-refractivity contribution in [2.24, 2.45) is 0 Å². The van der Waals surface area contributed by atoms with Gasteiger partial charge >= 0.3 is 0 Å². The summed E-state index contributed by atoms with van der Waals surface area (Å²) in [5, 5.41) is 8.51. The van der Waals surface area contributed by atoms with Gasteiger partial charge in [0.2, 0.25) is 5.91 Å². The van der Waals surface area contributed by atoms with Crippen LogP contribution in [0.2, 0.25) is 5.02 Å². The monoisotopic (exact) mass is 456 g/mol. The first kappa shape index (κ1) is 22.8. The molecule has 1 unspecified atom stereocenters. The Bertz CT molecular complexity index is 1020. The molecule has 4 rings (SSSR count). The van der Waals surface area contributed by atoms with E-state index in [0.29, 0.717) is 16.4 Å². The molecule has 0 radical (unpaired) electrons. The molecule has 2 amide bonds. The molecular weight excluding hydrogens is 424 g/mol.